The molecule has 10 fully saturated rings. The Morgan fingerprint density at radius 3 is 0.172 bits per heavy atom. The second kappa shape index (κ2) is 97.6. The molecule has 0 spiro atoms. The topological polar surface area (TPSA) is 778 Å². The number of rotatable bonds is 0. The first-order valence-corrected chi connectivity index (χ1v) is 42.2. The van der Waals surface area contributed by atoms with E-state index in [-0.39, 0.29) is 230 Å². The van der Waals surface area contributed by atoms with Crippen molar-refractivity contribution in [2.45, 2.75) is 172 Å². The van der Waals surface area contributed by atoms with Crippen molar-refractivity contribution in [2.24, 2.45) is 0 Å². The quantitative estimate of drug-likeness (QED) is 0.129. The molecule has 128 heavy (non-hydrogen) atoms. The van der Waals surface area contributed by atoms with E-state index < -0.39 is 125 Å². The molecule has 80 heteroatoms. The number of alkyl halides is 24. The van der Waals surface area contributed by atoms with Gasteiger partial charge < -0.3 is 128 Å². The summed E-state index contributed by atoms with van der Waals surface area (Å²) in [6, 6.07) is 0. The summed E-state index contributed by atoms with van der Waals surface area (Å²) in [5.41, 5.74) is -45.2. The third kappa shape index (κ3) is 135. The van der Waals surface area contributed by atoms with Crippen LogP contribution in [0.3, 0.4) is 0 Å². The van der Waals surface area contributed by atoms with Crippen LogP contribution in [-0.2, 0) is 172 Å². The van der Waals surface area contributed by atoms with Crippen molar-refractivity contribution in [3.05, 3.63) is 0 Å². The molecule has 0 aliphatic carbocycles. The molecular weight excluding hydrogens is 3390 g/mol. The van der Waals surface area contributed by atoms with E-state index in [0.717, 1.165) is 132 Å². The Bertz CT molecular complexity index is 2570. The molecule has 10 aliphatic heterocycles. The maximum atomic E-state index is 10.7. The molecule has 10 heterocycles. The minimum absolute atomic E-state index is 0. The van der Waals surface area contributed by atoms with Gasteiger partial charge in [-0.25, -0.2) is 67.3 Å². The van der Waals surface area contributed by atoms with E-state index in [1.807, 2.05) is 0 Å². The zero-order valence-corrected chi connectivity index (χ0v) is 96.3. The molecule has 0 amide bonds. The van der Waals surface area contributed by atoms with Gasteiger partial charge >= 0.3 is 231 Å². The van der Waals surface area contributed by atoms with Gasteiger partial charge in [0.2, 0.25) is 0 Å². The van der Waals surface area contributed by atoms with Gasteiger partial charge in [-0.05, 0) is 128 Å². The Balaban J connectivity index is -0.0000000463. The van der Waals surface area contributed by atoms with Crippen LogP contribution >= 0.6 is 0 Å². The summed E-state index contributed by atoms with van der Waals surface area (Å²) in [4.78, 5) is 0. The summed E-state index contributed by atoms with van der Waals surface area (Å²) < 4.78 is 521. The van der Waals surface area contributed by atoms with E-state index in [0.29, 0.717) is 0 Å². The van der Waals surface area contributed by atoms with E-state index in [4.69, 9.17) is 151 Å². The monoisotopic (exact) mass is 3470 g/mol. The van der Waals surface area contributed by atoms with Crippen molar-refractivity contribution in [3.63, 3.8) is 0 Å². The van der Waals surface area contributed by atoms with E-state index in [2.05, 4.69) is 0 Å². The zero-order chi connectivity index (χ0) is 91.4. The van der Waals surface area contributed by atoms with Crippen LogP contribution in [0.1, 0.15) is 128 Å². The fourth-order valence-corrected chi connectivity index (χ4v) is 5.10. The van der Waals surface area contributed by atoms with Gasteiger partial charge in [0, 0.05) is 132 Å². The second-order valence-electron chi connectivity index (χ2n) is 20.4. The number of halogens is 24. The molecule has 0 aromatic carbocycles. The van der Waals surface area contributed by atoms with E-state index >= 15 is 0 Å². The molecule has 0 saturated carbocycles. The minimum Gasteiger partial charge on any atom is -2.00 e. The Morgan fingerprint density at radius 1 is 0.133 bits per heavy atom. The maximum Gasteiger partial charge on any atom is 4.00 e. The van der Waals surface area contributed by atoms with Gasteiger partial charge in [0.05, 0.1) is 0 Å². The third-order valence-electron chi connectivity index (χ3n) is 10.5. The van der Waals surface area contributed by atoms with Gasteiger partial charge in [-0.2, -0.15) is 105 Å². The fourth-order valence-electron chi connectivity index (χ4n) is 5.10. The molecule has 0 N–H and O–H groups in total. The number of hydrogen-bond donors (Lipinski definition) is 0. The average Bonchev–Trinajstić information content (AvgIpc) is 1.85. The smallest absolute Gasteiger partial charge is 2.00 e. The average molecular weight is 3470 g/mol. The van der Waals surface area contributed by atoms with Gasteiger partial charge in [-0.15, -0.1) is 0 Å². The molecule has 10 rings (SSSR count). The van der Waals surface area contributed by atoms with Crippen LogP contribution in [0.5, 0.6) is 0 Å². The number of hydrogen-bond acceptors (Lipinski definition) is 34. The molecule has 10 aliphatic rings. The zero-order valence-electron chi connectivity index (χ0n) is 64.8. The summed E-state index contributed by atoms with van der Waals surface area (Å²) in [5.74, 6) is 0. The largest absolute Gasteiger partial charge is 4.00 e. The summed E-state index contributed by atoms with van der Waals surface area (Å²) in [6.45, 7) is 20.0. The molecule has 0 atom stereocenters. The van der Waals surface area contributed by atoms with E-state index in [1.165, 1.54) is 128 Å². The Kier molecular flexibility index (Phi) is 142. The van der Waals surface area contributed by atoms with Crippen molar-refractivity contribution in [2.75, 3.05) is 132 Å². The van der Waals surface area contributed by atoms with Crippen LogP contribution < -0.4 is 0 Å². The first kappa shape index (κ1) is 187. The molecule has 0 aromatic rings. The van der Waals surface area contributed by atoms with Gasteiger partial charge in [-0.1, -0.05) is 0 Å². The van der Waals surface area contributed by atoms with Crippen LogP contribution in [-0.4, -0.2) is 280 Å². The van der Waals surface area contributed by atoms with Gasteiger partial charge in [0.25, 0.3) is 0 Å². The molecular formula is C48H80F24O42S8U6. The molecule has 42 nitrogen and oxygen atoms in total. The molecule has 10 saturated heterocycles. The standard InChI is InChI=1S/10C4H8O.8CHF3O3S.8O.6U/c10*1-2-4-5-3-1;8*2-1(3,4)8(5,6)7;;;;;;;;;;;;;;/h10*1-4H2;8*(H,5,6,7);;;;;;;;;;;;;;/q;;;;;;;;;;;;;;;;;;8*-2;6*+4/p-8. The van der Waals surface area contributed by atoms with Gasteiger partial charge in [0.15, 0.2) is 80.9 Å². The van der Waals surface area contributed by atoms with Gasteiger partial charge in [0.1, 0.15) is 0 Å². The first-order chi connectivity index (χ1) is 51.0. The Hall–Kier alpha value is 3.19. The van der Waals surface area contributed by atoms with E-state index in [9.17, 15) is 105 Å². The van der Waals surface area contributed by atoms with Crippen molar-refractivity contribution >= 4 is 80.9 Å². The Labute approximate surface area is 862 Å². The molecule has 0 bridgehead atoms. The SMILES string of the molecule is C1CCOC1.C1CCOC1.C1CCOC1.C1CCOC1.C1CCOC1.C1CCOC1.C1CCOC1.C1CCOC1.C1CCOC1.C1CCOC1.O=S(=O)([O-])C(F)(F)F.O=S(=O)([O-])C(F)(F)F.O=S(=O)([O-])C(F)(F)F.O=S(=O)([O-])C(F)(F)F.O=S(=O)([O-])C(F)(F)F.O=S(=O)([O-])C(F)(F)F.O=S(=O)([O-])C(F)(F)F.O=S(=O)([O-])C(F)(F)F.[O-2].[O-2].[O-2].[O-2].[O-2].[O-2].[O-2].[O-2].[U+4].[U+4].[U+4].[U+4].[U+4].[U+4]. The molecule has 764 valence electrons. The first-order valence-electron chi connectivity index (χ1n) is 30.9. The number of ether oxygens (including phenoxy) is 10. The van der Waals surface area contributed by atoms with Crippen molar-refractivity contribution < 1.29 is 487 Å². The van der Waals surface area contributed by atoms with Crippen LogP contribution in [0, 0.1) is 187 Å². The maximum absolute atomic E-state index is 10.7. The third-order valence-corrected chi connectivity index (χ3v) is 15.1. The van der Waals surface area contributed by atoms with Gasteiger partial charge in [-0.3, -0.25) is 0 Å². The summed E-state index contributed by atoms with van der Waals surface area (Å²) in [7, 11) is -48.7. The van der Waals surface area contributed by atoms with Crippen LogP contribution in [0.25, 0.3) is 0 Å². The predicted octanol–water partition coefficient (Wildman–Crippen LogP) is 7.43. The normalized spacial score (nSPS) is 16.4. The molecule has 0 aromatic heterocycles. The predicted molar refractivity (Wildman–Crippen MR) is 332 cm³/mol. The van der Waals surface area contributed by atoms with Crippen molar-refractivity contribution in [3.8, 4) is 0 Å². The van der Waals surface area contributed by atoms with E-state index in [1.54, 1.807) is 0 Å². The summed E-state index contributed by atoms with van der Waals surface area (Å²) in [6.07, 6.45) is 25.6. The molecule has 0 radical (unpaired) electrons. The molecule has 0 unspecified atom stereocenters. The minimum atomic E-state index is -6.09. The van der Waals surface area contributed by atoms with Crippen molar-refractivity contribution in [1.82, 2.24) is 0 Å². The van der Waals surface area contributed by atoms with Crippen LogP contribution in [0.15, 0.2) is 0 Å². The van der Waals surface area contributed by atoms with Crippen molar-refractivity contribution in [1.29, 1.82) is 0 Å². The second-order valence-corrected chi connectivity index (χ2v) is 31.4. The Morgan fingerprint density at radius 2 is 0.164 bits per heavy atom. The summed E-state index contributed by atoms with van der Waals surface area (Å²) in [5, 5.41) is 0. The summed E-state index contributed by atoms with van der Waals surface area (Å²) >= 11 is 0. The van der Waals surface area contributed by atoms with Crippen LogP contribution in [0.2, 0.25) is 0 Å². The van der Waals surface area contributed by atoms with Crippen LogP contribution in [0.4, 0.5) is 105 Å². The fraction of sp³-hybridized carbons (Fsp3) is 1.00.